The fourth-order valence-corrected chi connectivity index (χ4v) is 5.74. The molecule has 0 heterocycles. The normalized spacial score (nSPS) is 12.5. The minimum absolute atomic E-state index is 0.361. The van der Waals surface area contributed by atoms with Gasteiger partial charge in [0.1, 0.15) is 0 Å². The molecule has 0 radical (unpaired) electrons. The molecule has 3 aromatic carbocycles. The minimum atomic E-state index is -0.361. The van der Waals surface area contributed by atoms with Crippen molar-refractivity contribution < 1.29 is 0 Å². The summed E-state index contributed by atoms with van der Waals surface area (Å²) >= 11 is 0. The molecule has 3 rings (SSSR count). The summed E-state index contributed by atoms with van der Waals surface area (Å²) < 4.78 is 0. The van der Waals surface area contributed by atoms with Crippen LogP contribution in [-0.4, -0.2) is 31.2 Å². The first-order chi connectivity index (χ1) is 12.2. The van der Waals surface area contributed by atoms with E-state index < -0.39 is 0 Å². The smallest absolute Gasteiger partial charge is 0.0175 e. The second-order valence-corrected chi connectivity index (χ2v) is 8.84. The number of rotatable bonds is 7. The van der Waals surface area contributed by atoms with Crippen molar-refractivity contribution in [2.45, 2.75) is 12.5 Å². The molecule has 0 bridgehead atoms. The Kier molecular flexibility index (Phi) is 6.39. The lowest BCUT2D eigenvalue weighted by molar-refractivity contribution is 0.316. The van der Waals surface area contributed by atoms with E-state index in [9.17, 15) is 0 Å². The Bertz CT molecular complexity index is 701. The summed E-state index contributed by atoms with van der Waals surface area (Å²) in [6.45, 7) is 0. The Labute approximate surface area is 153 Å². The first-order valence-corrected chi connectivity index (χ1v) is 10.3. The van der Waals surface area contributed by atoms with Crippen molar-refractivity contribution in [2.75, 3.05) is 20.3 Å². The summed E-state index contributed by atoms with van der Waals surface area (Å²) in [5, 5.41) is 2.92. The zero-order chi connectivity index (χ0) is 17.5. The lowest BCUT2D eigenvalue weighted by Crippen LogP contribution is -2.35. The molecule has 0 amide bonds. The van der Waals surface area contributed by atoms with Gasteiger partial charge in [-0.05, 0) is 50.8 Å². The standard InChI is InChI=1S/C23H26NP/c1-24(2)21(18-20-12-6-3-7-13-20)19-25(22-14-8-4-9-15-22)23-16-10-5-11-17-23/h3-17,21H,18-19H2,1-2H3. The van der Waals surface area contributed by atoms with E-state index in [0.29, 0.717) is 6.04 Å². The fraction of sp³-hybridized carbons (Fsp3) is 0.217. The van der Waals surface area contributed by atoms with Crippen LogP contribution in [0.2, 0.25) is 0 Å². The van der Waals surface area contributed by atoms with Gasteiger partial charge in [0.2, 0.25) is 0 Å². The highest BCUT2D eigenvalue weighted by Crippen LogP contribution is 2.35. The van der Waals surface area contributed by atoms with Crippen molar-refractivity contribution in [3.63, 3.8) is 0 Å². The summed E-state index contributed by atoms with van der Waals surface area (Å²) in [5.41, 5.74) is 1.41. The Hall–Kier alpha value is -1.95. The van der Waals surface area contributed by atoms with Gasteiger partial charge in [0, 0.05) is 6.04 Å². The number of benzene rings is 3. The van der Waals surface area contributed by atoms with Gasteiger partial charge in [0.15, 0.2) is 0 Å². The molecule has 1 unspecified atom stereocenters. The third-order valence-electron chi connectivity index (χ3n) is 4.57. The van der Waals surface area contributed by atoms with Gasteiger partial charge in [-0.15, -0.1) is 0 Å². The number of hydrogen-bond donors (Lipinski definition) is 0. The Morgan fingerprint density at radius 1 is 0.680 bits per heavy atom. The van der Waals surface area contributed by atoms with Crippen molar-refractivity contribution >= 4 is 18.5 Å². The summed E-state index contributed by atoms with van der Waals surface area (Å²) in [6.07, 6.45) is 2.26. The highest BCUT2D eigenvalue weighted by atomic mass is 31.1. The Balaban J connectivity index is 1.87. The maximum atomic E-state index is 2.38. The van der Waals surface area contributed by atoms with Gasteiger partial charge in [-0.1, -0.05) is 91.0 Å². The van der Waals surface area contributed by atoms with Gasteiger partial charge in [-0.2, -0.15) is 0 Å². The van der Waals surface area contributed by atoms with Crippen LogP contribution in [0, 0.1) is 0 Å². The molecule has 0 saturated heterocycles. The van der Waals surface area contributed by atoms with Crippen LogP contribution >= 0.6 is 7.92 Å². The van der Waals surface area contributed by atoms with Gasteiger partial charge in [0.05, 0.1) is 0 Å². The highest BCUT2D eigenvalue weighted by molar-refractivity contribution is 7.73. The molecular weight excluding hydrogens is 321 g/mol. The molecule has 0 aliphatic rings. The zero-order valence-corrected chi connectivity index (χ0v) is 15.9. The molecule has 25 heavy (non-hydrogen) atoms. The van der Waals surface area contributed by atoms with E-state index in [1.807, 2.05) is 0 Å². The van der Waals surface area contributed by atoms with Crippen molar-refractivity contribution in [3.05, 3.63) is 96.6 Å². The lowest BCUT2D eigenvalue weighted by atomic mass is 10.1. The van der Waals surface area contributed by atoms with Crippen LogP contribution < -0.4 is 10.6 Å². The van der Waals surface area contributed by atoms with Crippen LogP contribution in [-0.2, 0) is 6.42 Å². The molecule has 1 atom stereocenters. The van der Waals surface area contributed by atoms with Gasteiger partial charge in [-0.25, -0.2) is 0 Å². The van der Waals surface area contributed by atoms with E-state index in [-0.39, 0.29) is 7.92 Å². The second-order valence-electron chi connectivity index (χ2n) is 6.59. The second kappa shape index (κ2) is 8.94. The maximum Gasteiger partial charge on any atom is 0.0175 e. The summed E-state index contributed by atoms with van der Waals surface area (Å²) in [4.78, 5) is 2.38. The van der Waals surface area contributed by atoms with E-state index >= 15 is 0 Å². The highest BCUT2D eigenvalue weighted by Gasteiger charge is 2.21. The summed E-state index contributed by atoms with van der Waals surface area (Å²) in [7, 11) is 4.05. The Morgan fingerprint density at radius 3 is 1.56 bits per heavy atom. The van der Waals surface area contributed by atoms with Crippen molar-refractivity contribution in [1.82, 2.24) is 4.90 Å². The van der Waals surface area contributed by atoms with Crippen molar-refractivity contribution in [2.24, 2.45) is 0 Å². The molecule has 2 heteroatoms. The molecular formula is C23H26NP. The third kappa shape index (κ3) is 5.01. The van der Waals surface area contributed by atoms with Crippen molar-refractivity contribution in [1.29, 1.82) is 0 Å². The average molecular weight is 347 g/mol. The average Bonchev–Trinajstić information content (AvgIpc) is 2.67. The zero-order valence-electron chi connectivity index (χ0n) is 15.0. The number of likely N-dealkylation sites (N-methyl/N-ethyl adjacent to an activating group) is 1. The third-order valence-corrected chi connectivity index (χ3v) is 7.20. The topological polar surface area (TPSA) is 3.24 Å². The van der Waals surface area contributed by atoms with Gasteiger partial charge in [-0.3, -0.25) is 0 Å². The lowest BCUT2D eigenvalue weighted by Gasteiger charge is -2.29. The van der Waals surface area contributed by atoms with Crippen LogP contribution in [0.3, 0.4) is 0 Å². The molecule has 1 nitrogen and oxygen atoms in total. The summed E-state index contributed by atoms with van der Waals surface area (Å²) in [5.74, 6) is 0. The van der Waals surface area contributed by atoms with E-state index in [1.165, 1.54) is 22.3 Å². The number of hydrogen-bond acceptors (Lipinski definition) is 1. The van der Waals surface area contributed by atoms with Crippen molar-refractivity contribution in [3.8, 4) is 0 Å². The fourth-order valence-electron chi connectivity index (χ4n) is 3.08. The molecule has 0 N–H and O–H groups in total. The molecule has 0 spiro atoms. The van der Waals surface area contributed by atoms with E-state index in [2.05, 4.69) is 110 Å². The predicted octanol–water partition coefficient (Wildman–Crippen LogP) is 4.29. The van der Waals surface area contributed by atoms with E-state index in [1.54, 1.807) is 0 Å². The van der Waals surface area contributed by atoms with E-state index in [0.717, 1.165) is 6.42 Å². The van der Waals surface area contributed by atoms with Gasteiger partial charge >= 0.3 is 0 Å². The first-order valence-electron chi connectivity index (χ1n) is 8.82. The Morgan fingerprint density at radius 2 is 1.12 bits per heavy atom. The molecule has 0 saturated carbocycles. The molecule has 0 aliphatic carbocycles. The number of nitrogens with zero attached hydrogens (tertiary/aromatic N) is 1. The minimum Gasteiger partial charge on any atom is -0.306 e. The molecule has 0 aliphatic heterocycles. The van der Waals surface area contributed by atoms with Crippen LogP contribution in [0.15, 0.2) is 91.0 Å². The van der Waals surface area contributed by atoms with Crippen LogP contribution in [0.5, 0.6) is 0 Å². The molecule has 0 aromatic heterocycles. The summed E-state index contributed by atoms with van der Waals surface area (Å²) in [6, 6.07) is 33.4. The van der Waals surface area contributed by atoms with Crippen LogP contribution in [0.4, 0.5) is 0 Å². The van der Waals surface area contributed by atoms with E-state index in [4.69, 9.17) is 0 Å². The molecule has 128 valence electrons. The molecule has 3 aromatic rings. The van der Waals surface area contributed by atoms with Gasteiger partial charge < -0.3 is 4.90 Å². The predicted molar refractivity (Wildman–Crippen MR) is 112 cm³/mol. The maximum absolute atomic E-state index is 2.38. The largest absolute Gasteiger partial charge is 0.306 e. The quantitative estimate of drug-likeness (QED) is 0.576. The van der Waals surface area contributed by atoms with Crippen LogP contribution in [0.1, 0.15) is 5.56 Å². The monoisotopic (exact) mass is 347 g/mol. The first kappa shape index (κ1) is 17.9. The van der Waals surface area contributed by atoms with Crippen LogP contribution in [0.25, 0.3) is 0 Å². The molecule has 0 fully saturated rings. The SMILES string of the molecule is CN(C)C(Cc1ccccc1)CP(c1ccccc1)c1ccccc1. The van der Waals surface area contributed by atoms with Gasteiger partial charge in [0.25, 0.3) is 0 Å².